The zero-order chi connectivity index (χ0) is 36.1. The number of nitrogens with one attached hydrogen (secondary N) is 5. The summed E-state index contributed by atoms with van der Waals surface area (Å²) in [6, 6.07) is 4.49. The molecule has 0 saturated heterocycles. The molecule has 0 bridgehead atoms. The van der Waals surface area contributed by atoms with Gasteiger partial charge in [-0.1, -0.05) is 50.3 Å². The second kappa shape index (κ2) is 18.0. The lowest BCUT2D eigenvalue weighted by atomic mass is 10.0. The molecule has 2 unspecified atom stereocenters. The van der Waals surface area contributed by atoms with E-state index in [1.54, 1.807) is 19.9 Å². The van der Waals surface area contributed by atoms with Crippen LogP contribution < -0.4 is 26.6 Å². The van der Waals surface area contributed by atoms with Crippen LogP contribution in [0.1, 0.15) is 49.8 Å². The molecule has 266 valence electrons. The van der Waals surface area contributed by atoms with Gasteiger partial charge in [-0.2, -0.15) is 13.2 Å². The molecule has 0 fully saturated rings. The maximum Gasteiger partial charge on any atom is 0.416 e. The Morgan fingerprint density at radius 2 is 1.71 bits per heavy atom. The number of urea groups is 1. The van der Waals surface area contributed by atoms with Crippen molar-refractivity contribution in [1.29, 1.82) is 0 Å². The van der Waals surface area contributed by atoms with Crippen LogP contribution in [-0.2, 0) is 42.9 Å². The predicted molar refractivity (Wildman–Crippen MR) is 171 cm³/mol. The number of methoxy groups -OCH3 is 1. The van der Waals surface area contributed by atoms with Crippen molar-refractivity contribution >= 4 is 29.7 Å². The molecule has 1 heterocycles. The topological polar surface area (TPSA) is 155 Å². The summed E-state index contributed by atoms with van der Waals surface area (Å²) >= 11 is 0. The summed E-state index contributed by atoms with van der Waals surface area (Å²) in [7, 11) is 1.14. The summed E-state index contributed by atoms with van der Waals surface area (Å²) in [6.45, 7) is 3.59. The summed E-state index contributed by atoms with van der Waals surface area (Å²) in [4.78, 5) is 64.9. The first-order valence-electron chi connectivity index (χ1n) is 15.8. The van der Waals surface area contributed by atoms with E-state index in [0.29, 0.717) is 18.4 Å². The van der Waals surface area contributed by atoms with Crippen molar-refractivity contribution in [2.45, 2.75) is 76.3 Å². The SMILES string of the molecule is COC(=O)C(NC(=O)NC(Cc1cccc(C(F)(F)F)c1)C(=O)N[C@H]1CCCCNC(=O)/C=C/[C@H](Cc2cccc(F)c2)NC1=O)C(C)C. The average molecular weight is 692 g/mol. The fourth-order valence-corrected chi connectivity index (χ4v) is 5.14. The highest BCUT2D eigenvalue weighted by Crippen LogP contribution is 2.29. The minimum atomic E-state index is -4.66. The second-order valence-corrected chi connectivity index (χ2v) is 12.0. The predicted octanol–water partition coefficient (Wildman–Crippen LogP) is 3.32. The highest BCUT2D eigenvalue weighted by molar-refractivity contribution is 5.93. The van der Waals surface area contributed by atoms with E-state index >= 15 is 0 Å². The molecule has 2 aromatic carbocycles. The Balaban J connectivity index is 1.88. The summed E-state index contributed by atoms with van der Waals surface area (Å²) in [5.41, 5.74) is -0.351. The summed E-state index contributed by atoms with van der Waals surface area (Å²) in [6.07, 6.45) is -1.26. The van der Waals surface area contributed by atoms with Gasteiger partial charge in [-0.25, -0.2) is 14.0 Å². The first-order chi connectivity index (χ1) is 23.2. The van der Waals surface area contributed by atoms with Crippen molar-refractivity contribution < 1.29 is 46.3 Å². The Labute approximate surface area is 281 Å². The van der Waals surface area contributed by atoms with Gasteiger partial charge in [-0.15, -0.1) is 0 Å². The highest BCUT2D eigenvalue weighted by Gasteiger charge is 2.33. The van der Waals surface area contributed by atoms with Gasteiger partial charge in [0.2, 0.25) is 17.7 Å². The number of esters is 1. The number of amides is 5. The molecular formula is C34H41F4N5O6. The number of ether oxygens (including phenoxy) is 1. The quantitative estimate of drug-likeness (QED) is 0.190. The third-order valence-electron chi connectivity index (χ3n) is 7.73. The van der Waals surface area contributed by atoms with E-state index in [-0.39, 0.29) is 37.3 Å². The molecule has 1 aliphatic rings. The van der Waals surface area contributed by atoms with Crippen molar-refractivity contribution in [1.82, 2.24) is 26.6 Å². The van der Waals surface area contributed by atoms with Gasteiger partial charge >= 0.3 is 18.2 Å². The summed E-state index contributed by atoms with van der Waals surface area (Å²) in [5.74, 6) is -3.52. The van der Waals surface area contributed by atoms with Gasteiger partial charge in [-0.3, -0.25) is 14.4 Å². The molecule has 1 aliphatic heterocycles. The van der Waals surface area contributed by atoms with Crippen LogP contribution in [-0.4, -0.2) is 67.5 Å². The van der Waals surface area contributed by atoms with Crippen LogP contribution in [0.15, 0.2) is 60.7 Å². The fourth-order valence-electron chi connectivity index (χ4n) is 5.14. The summed E-state index contributed by atoms with van der Waals surface area (Å²) in [5, 5.41) is 13.0. The van der Waals surface area contributed by atoms with Gasteiger partial charge < -0.3 is 31.3 Å². The average Bonchev–Trinajstić information content (AvgIpc) is 3.03. The Hall–Kier alpha value is -4.95. The van der Waals surface area contributed by atoms with Gasteiger partial charge in [0.15, 0.2) is 0 Å². The molecule has 49 heavy (non-hydrogen) atoms. The van der Waals surface area contributed by atoms with E-state index < -0.39 is 71.5 Å². The third-order valence-corrected chi connectivity index (χ3v) is 7.73. The van der Waals surface area contributed by atoms with Crippen molar-refractivity contribution in [3.05, 3.63) is 83.2 Å². The number of hydrogen-bond acceptors (Lipinski definition) is 6. The number of benzene rings is 2. The lowest BCUT2D eigenvalue weighted by molar-refractivity contribution is -0.144. The van der Waals surface area contributed by atoms with Crippen LogP contribution in [0.5, 0.6) is 0 Å². The Bertz CT molecular complexity index is 1520. The van der Waals surface area contributed by atoms with Crippen molar-refractivity contribution in [2.75, 3.05) is 13.7 Å². The van der Waals surface area contributed by atoms with Crippen LogP contribution in [0.3, 0.4) is 0 Å². The molecule has 0 saturated carbocycles. The third kappa shape index (κ3) is 12.5. The molecule has 0 aliphatic carbocycles. The molecule has 5 amide bonds. The highest BCUT2D eigenvalue weighted by atomic mass is 19.4. The van der Waals surface area contributed by atoms with Gasteiger partial charge in [0.05, 0.1) is 18.7 Å². The van der Waals surface area contributed by atoms with E-state index in [1.807, 2.05) is 0 Å². The Morgan fingerprint density at radius 3 is 2.39 bits per heavy atom. The molecule has 11 nitrogen and oxygen atoms in total. The van der Waals surface area contributed by atoms with Crippen LogP contribution in [0.25, 0.3) is 0 Å². The minimum absolute atomic E-state index is 0.0721. The van der Waals surface area contributed by atoms with Crippen LogP contribution >= 0.6 is 0 Å². The Morgan fingerprint density at radius 1 is 1.00 bits per heavy atom. The van der Waals surface area contributed by atoms with Gasteiger partial charge in [-0.05, 0) is 60.9 Å². The maximum atomic E-state index is 13.9. The zero-order valence-corrected chi connectivity index (χ0v) is 27.4. The lowest BCUT2D eigenvalue weighted by Gasteiger charge is -2.26. The van der Waals surface area contributed by atoms with Gasteiger partial charge in [0.1, 0.15) is 23.9 Å². The normalized spacial score (nSPS) is 19.2. The molecular weight excluding hydrogens is 650 g/mol. The van der Waals surface area contributed by atoms with E-state index in [0.717, 1.165) is 19.2 Å². The lowest BCUT2D eigenvalue weighted by Crippen LogP contribution is -2.58. The number of rotatable bonds is 10. The number of carbonyl (C=O) groups is 5. The van der Waals surface area contributed by atoms with Crippen molar-refractivity contribution in [3.8, 4) is 0 Å². The smallest absolute Gasteiger partial charge is 0.416 e. The monoisotopic (exact) mass is 691 g/mol. The molecule has 2 aromatic rings. The Kier molecular flexibility index (Phi) is 14.1. The molecule has 4 atom stereocenters. The minimum Gasteiger partial charge on any atom is -0.467 e. The maximum absolute atomic E-state index is 13.9. The molecule has 15 heteroatoms. The standard InChI is InChI=1S/C34H41F4N5O6/c1-20(2)29(32(47)49-3)43-33(48)42-27(19-21-8-6-10-23(16-21)34(36,37)38)31(46)41-26-12-4-5-15-39-28(44)14-13-25(40-30(26)45)18-22-9-7-11-24(35)17-22/h6-11,13-14,16-17,20,25-27,29H,4-5,12,15,18-19H2,1-3H3,(H,39,44)(H,40,45)(H,41,46)(H2,42,43,48)/b14-13+/t25-,26+,27?,29?/m1/s1. The fraction of sp³-hybridized carbons (Fsp3) is 0.441. The van der Waals surface area contributed by atoms with Gasteiger partial charge in [0.25, 0.3) is 0 Å². The number of halogens is 4. The number of carbonyl (C=O) groups excluding carboxylic acids is 5. The van der Waals surface area contributed by atoms with Crippen LogP contribution in [0.2, 0.25) is 0 Å². The largest absolute Gasteiger partial charge is 0.467 e. The van der Waals surface area contributed by atoms with Crippen molar-refractivity contribution in [3.63, 3.8) is 0 Å². The van der Waals surface area contributed by atoms with Gasteiger partial charge in [0, 0.05) is 19.0 Å². The molecule has 5 N–H and O–H groups in total. The van der Waals surface area contributed by atoms with E-state index in [2.05, 4.69) is 26.6 Å². The number of alkyl halides is 3. The molecule has 3 rings (SSSR count). The van der Waals surface area contributed by atoms with E-state index in [1.165, 1.54) is 42.5 Å². The first kappa shape index (κ1) is 38.5. The number of hydrogen-bond donors (Lipinski definition) is 5. The van der Waals surface area contributed by atoms with Crippen LogP contribution in [0, 0.1) is 11.7 Å². The van der Waals surface area contributed by atoms with Crippen molar-refractivity contribution in [2.24, 2.45) is 5.92 Å². The van der Waals surface area contributed by atoms with E-state index in [4.69, 9.17) is 4.74 Å². The zero-order valence-electron chi connectivity index (χ0n) is 27.4. The first-order valence-corrected chi connectivity index (χ1v) is 15.8. The van der Waals surface area contributed by atoms with Crippen LogP contribution in [0.4, 0.5) is 22.4 Å². The molecule has 0 radical (unpaired) electrons. The summed E-state index contributed by atoms with van der Waals surface area (Å²) < 4.78 is 59.0. The van der Waals surface area contributed by atoms with E-state index in [9.17, 15) is 41.5 Å². The molecule has 0 aromatic heterocycles. The second-order valence-electron chi connectivity index (χ2n) is 12.0. The molecule has 0 spiro atoms.